The number of benzene rings is 5. The van der Waals surface area contributed by atoms with Gasteiger partial charge < -0.3 is 66.4 Å². The Morgan fingerprint density at radius 3 is 1.99 bits per heavy atom. The summed E-state index contributed by atoms with van der Waals surface area (Å²) in [4.78, 5) is 143. The third-order valence-corrected chi connectivity index (χ3v) is 20.4. The van der Waals surface area contributed by atoms with Crippen LogP contribution in [-0.4, -0.2) is 176 Å². The number of halogens is 3. The molecule has 1 aromatic heterocycles. The first-order valence-electron chi connectivity index (χ1n) is 32.8. The van der Waals surface area contributed by atoms with Crippen molar-refractivity contribution in [3.05, 3.63) is 170 Å². The van der Waals surface area contributed by atoms with Crippen LogP contribution >= 0.6 is 34.9 Å². The van der Waals surface area contributed by atoms with Gasteiger partial charge in [0, 0.05) is 93.6 Å². The van der Waals surface area contributed by atoms with Crippen LogP contribution in [0, 0.1) is 19.3 Å². The summed E-state index contributed by atoms with van der Waals surface area (Å²) >= 11 is 4.99. The van der Waals surface area contributed by atoms with Gasteiger partial charge in [0.2, 0.25) is 41.4 Å². The molecule has 2 fully saturated rings. The number of β-amino-alcohol motifs (C(OH)–C–C–N with tert-alkyl or cyclic N) is 1. The molecule has 6 aromatic rings. The van der Waals surface area contributed by atoms with E-state index in [1.54, 1.807) is 79.7 Å². The van der Waals surface area contributed by atoms with Crippen molar-refractivity contribution in [1.82, 2.24) is 51.6 Å². The number of thiazole rings is 1. The van der Waals surface area contributed by atoms with Gasteiger partial charge in [0.25, 0.3) is 5.91 Å². The first-order valence-corrected chi connectivity index (χ1v) is 36.1. The lowest BCUT2D eigenvalue weighted by molar-refractivity contribution is -0.144. The number of phenolic OH excluding ortho intramolecular Hbond substituents is 1. The Hall–Kier alpha value is -8.50. The number of carbonyl (C=O) groups excluding carboxylic acids is 8. The fraction of sp³-hybridized carbons (Fsp3) is 0.423. The van der Waals surface area contributed by atoms with E-state index in [1.165, 1.54) is 41.5 Å². The van der Waals surface area contributed by atoms with E-state index in [-0.39, 0.29) is 114 Å². The van der Waals surface area contributed by atoms with Gasteiger partial charge in [-0.15, -0.1) is 11.3 Å². The van der Waals surface area contributed by atoms with Crippen molar-refractivity contribution in [2.24, 2.45) is 5.41 Å². The Kier molecular flexibility index (Phi) is 26.8. The molecule has 6 atom stereocenters. The first-order chi connectivity index (χ1) is 47.4. The highest BCUT2D eigenvalue weighted by Gasteiger charge is 2.50. The number of aromatic hydroxyl groups is 1. The van der Waals surface area contributed by atoms with Gasteiger partial charge in [-0.1, -0.05) is 128 Å². The fourth-order valence-electron chi connectivity index (χ4n) is 11.8. The number of phenols is 1. The number of hydrogen-bond acceptors (Lipinski definition) is 15. The van der Waals surface area contributed by atoms with E-state index in [9.17, 15) is 71.7 Å². The lowest BCUT2D eigenvalue weighted by Gasteiger charge is -2.37. The van der Waals surface area contributed by atoms with Gasteiger partial charge in [0.05, 0.1) is 35.7 Å². The maximum Gasteiger partial charge on any atom is 0.399 e. The minimum absolute atomic E-state index is 0.00976. The molecule has 24 nitrogen and oxygen atoms in total. The summed E-state index contributed by atoms with van der Waals surface area (Å²) < 4.78 is 47.6. The zero-order valence-corrected chi connectivity index (χ0v) is 59.8. The lowest BCUT2D eigenvalue weighted by Crippen LogP contribution is -2.59. The quantitative estimate of drug-likeness (QED) is 0.0169. The molecule has 0 bridgehead atoms. The minimum Gasteiger partial charge on any atom is -0.504 e. The fourth-order valence-corrected chi connectivity index (χ4v) is 13.5. The van der Waals surface area contributed by atoms with E-state index >= 15 is 0 Å². The second-order valence-electron chi connectivity index (χ2n) is 26.2. The molecule has 2 saturated heterocycles. The molecule has 29 heteroatoms. The largest absolute Gasteiger partial charge is 0.504 e. The smallest absolute Gasteiger partial charge is 0.399 e. The number of likely N-dealkylation sites (tertiary alicyclic amines) is 1. The predicted octanol–water partition coefficient (Wildman–Crippen LogP) is 6.56. The highest BCUT2D eigenvalue weighted by molar-refractivity contribution is 9.10. The SMILES string of the molecule is COc1cc(CC(=O)N[C@@H](Cc2ccccc2)C(=O)N[C@@H](Cc2ccc(C(F)(F)P(=O)(O)O)cc2)C(=O)N[C@@H](CCCCNC(=O)c2ccc(C)c(Br)c2)C(=O)N2CCN(CCC(=O)N[C@H](C(=O)N3C[C@H](O)C[C@H]3C(=O)NCc3ccc(-c4scnc4C)cc3)C(C)(C)C)CC2)ccc1O. The molecule has 536 valence electrons. The number of carbonyl (C=O) groups is 8. The summed E-state index contributed by atoms with van der Waals surface area (Å²) in [7, 11) is -4.64. The van der Waals surface area contributed by atoms with Gasteiger partial charge in [-0.3, -0.25) is 47.8 Å². The van der Waals surface area contributed by atoms with Crippen LogP contribution in [-0.2, 0) is 69.6 Å². The Morgan fingerprint density at radius 1 is 0.740 bits per heavy atom. The molecule has 3 heterocycles. The third-order valence-electron chi connectivity index (χ3n) is 17.6. The second-order valence-corrected chi connectivity index (χ2v) is 29.5. The summed E-state index contributed by atoms with van der Waals surface area (Å²) in [5, 5.41) is 38.0. The van der Waals surface area contributed by atoms with Crippen molar-refractivity contribution in [3.63, 3.8) is 0 Å². The van der Waals surface area contributed by atoms with E-state index in [0.717, 1.165) is 56.0 Å². The Labute approximate surface area is 591 Å². The summed E-state index contributed by atoms with van der Waals surface area (Å²) in [6.07, 6.45) is -1.13. The summed E-state index contributed by atoms with van der Waals surface area (Å²) in [5.74, 6) is -4.70. The second kappa shape index (κ2) is 34.7. The van der Waals surface area contributed by atoms with Crippen LogP contribution in [0.15, 0.2) is 125 Å². The van der Waals surface area contributed by atoms with Crippen LogP contribution < -0.4 is 36.6 Å². The number of amides is 8. The summed E-state index contributed by atoms with van der Waals surface area (Å²) in [6, 6.07) is 23.4. The van der Waals surface area contributed by atoms with E-state index in [1.807, 2.05) is 43.0 Å². The first kappa shape index (κ1) is 77.2. The van der Waals surface area contributed by atoms with E-state index < -0.39 is 108 Å². The van der Waals surface area contributed by atoms with E-state index in [4.69, 9.17) is 4.74 Å². The van der Waals surface area contributed by atoms with Gasteiger partial charge in [-0.05, 0) is 96.2 Å². The maximum atomic E-state index is 15.0. The molecule has 8 rings (SSSR count). The summed E-state index contributed by atoms with van der Waals surface area (Å²) in [6.45, 7) is 10.5. The Balaban J connectivity index is 0.950. The van der Waals surface area contributed by atoms with Crippen molar-refractivity contribution in [3.8, 4) is 21.9 Å². The number of aliphatic hydroxyl groups is 1. The number of alkyl halides is 2. The number of rotatable bonds is 30. The molecular formula is C71H86BrF2N10O14PS. The number of aliphatic hydroxyl groups excluding tert-OH is 1. The van der Waals surface area contributed by atoms with Crippen molar-refractivity contribution in [2.75, 3.05) is 52.9 Å². The summed E-state index contributed by atoms with van der Waals surface area (Å²) in [5.41, 5.74) is 0.652. The monoisotopic (exact) mass is 1480 g/mol. The minimum atomic E-state index is -5.98. The maximum absolute atomic E-state index is 15.0. The van der Waals surface area contributed by atoms with Crippen molar-refractivity contribution < 1.29 is 76.4 Å². The topological polar surface area (TPSA) is 339 Å². The zero-order valence-electron chi connectivity index (χ0n) is 56.5. The molecule has 2 aliphatic rings. The Morgan fingerprint density at radius 2 is 1.37 bits per heavy atom. The molecule has 0 radical (unpaired) electrons. The van der Waals surface area contributed by atoms with Gasteiger partial charge in [0.15, 0.2) is 11.5 Å². The third kappa shape index (κ3) is 21.0. The zero-order chi connectivity index (χ0) is 72.6. The number of unbranched alkanes of at least 4 members (excludes halogenated alkanes) is 1. The van der Waals surface area contributed by atoms with Gasteiger partial charge in [-0.25, -0.2) is 4.98 Å². The number of piperazine rings is 1. The standard InChI is InChI=1S/C71H86BrF2N10O14PS/c1-43-15-21-50(38-53(43)72)64(89)75-28-11-10-14-54(79-66(91)56(35-46-18-24-51(25-19-46)71(73,74)99(95,96)97)80-65(90)55(34-45-12-8-7-9-13-45)78-61(88)37-48-20-26-58(86)59(36-48)98-6)68(93)83-32-30-82(31-33-83)29-27-60(87)81-63(70(3,4)5)69(94)84-41-52(85)39-57(84)67(92)76-40-47-16-22-49(23-17-47)62-44(2)77-42-100-62/h7-9,12-13,15-26,36,38,42,52,54-57,63,85-86H,10-11,14,27-35,37,39-41H2,1-6H3,(H,75,89)(H,76,92)(H,78,88)(H,79,91)(H,80,90)(H,81,87)(H2,95,96,97)/t52-,54+,55+,56+,57+,63-/m1/s1. The predicted molar refractivity (Wildman–Crippen MR) is 375 cm³/mol. The number of ether oxygens (including phenoxy) is 1. The van der Waals surface area contributed by atoms with Crippen LogP contribution in [0.1, 0.15) is 102 Å². The average Bonchev–Trinajstić information content (AvgIpc) is 0.849. The number of nitrogens with zero attached hydrogens (tertiary/aromatic N) is 4. The van der Waals surface area contributed by atoms with E-state index in [2.05, 4.69) is 52.8 Å². The number of aromatic nitrogens is 1. The molecular weight excluding hydrogens is 1400 g/mol. The molecule has 0 unspecified atom stereocenters. The molecule has 0 saturated carbocycles. The van der Waals surface area contributed by atoms with Gasteiger partial charge in [-0.2, -0.15) is 8.78 Å². The van der Waals surface area contributed by atoms with Crippen molar-refractivity contribution >= 4 is 82.1 Å². The lowest BCUT2D eigenvalue weighted by atomic mass is 9.85. The number of nitrogens with one attached hydrogen (secondary N) is 6. The van der Waals surface area contributed by atoms with Crippen LogP contribution in [0.5, 0.6) is 11.5 Å². The number of aryl methyl sites for hydroxylation is 2. The van der Waals surface area contributed by atoms with Crippen LogP contribution in [0.3, 0.4) is 0 Å². The molecule has 0 aliphatic carbocycles. The molecule has 2 aliphatic heterocycles. The molecule has 100 heavy (non-hydrogen) atoms. The Bertz CT molecular complexity index is 3930. The molecule has 0 spiro atoms. The van der Waals surface area contributed by atoms with Crippen molar-refractivity contribution in [1.29, 1.82) is 0 Å². The average molecular weight is 1480 g/mol. The molecule has 8 amide bonds. The number of hydrogen-bond donors (Lipinski definition) is 10. The number of methoxy groups -OCH3 is 1. The van der Waals surface area contributed by atoms with Crippen LogP contribution in [0.4, 0.5) is 8.78 Å². The molecule has 5 aromatic carbocycles. The van der Waals surface area contributed by atoms with Gasteiger partial charge in [0.1, 0.15) is 30.2 Å². The van der Waals surface area contributed by atoms with Crippen LogP contribution in [0.25, 0.3) is 10.4 Å². The van der Waals surface area contributed by atoms with E-state index in [0.29, 0.717) is 23.1 Å². The van der Waals surface area contributed by atoms with Crippen molar-refractivity contribution in [2.45, 2.75) is 135 Å². The highest BCUT2D eigenvalue weighted by Crippen LogP contribution is 2.59. The molecule has 10 N–H and O–H groups in total. The van der Waals surface area contributed by atoms with Gasteiger partial charge >= 0.3 is 13.3 Å². The normalized spacial score (nSPS) is 16.3. The highest BCUT2D eigenvalue weighted by atomic mass is 79.9. The van der Waals surface area contributed by atoms with Crippen LogP contribution in [0.2, 0.25) is 0 Å².